The highest BCUT2D eigenvalue weighted by molar-refractivity contribution is 5.99. The van der Waals surface area contributed by atoms with E-state index >= 15 is 0 Å². The fourth-order valence-corrected chi connectivity index (χ4v) is 3.43. The summed E-state index contributed by atoms with van der Waals surface area (Å²) >= 11 is 0. The van der Waals surface area contributed by atoms with Gasteiger partial charge in [0.15, 0.2) is 0 Å². The lowest BCUT2D eigenvalue weighted by molar-refractivity contribution is 0.131. The number of benzene rings is 1. The molecule has 0 unspecified atom stereocenters. The Balaban J connectivity index is 2.37. The summed E-state index contributed by atoms with van der Waals surface area (Å²) in [7, 11) is 7.33. The van der Waals surface area contributed by atoms with Crippen LogP contribution in [0.5, 0.6) is 5.75 Å². The maximum Gasteiger partial charge on any atom is 0.258 e. The van der Waals surface area contributed by atoms with Crippen molar-refractivity contribution in [1.82, 2.24) is 9.47 Å². The Bertz CT molecular complexity index is 811. The molecule has 1 aliphatic heterocycles. The lowest BCUT2D eigenvalue weighted by Crippen LogP contribution is -2.29. The van der Waals surface area contributed by atoms with Crippen LogP contribution in [-0.2, 0) is 24.4 Å². The van der Waals surface area contributed by atoms with Crippen LogP contribution in [0.25, 0.3) is 10.9 Å². The first-order valence-electron chi connectivity index (χ1n) is 8.20. The third kappa shape index (κ3) is 2.87. The minimum Gasteiger partial charge on any atom is -0.496 e. The zero-order chi connectivity index (χ0) is 17.3. The van der Waals surface area contributed by atoms with E-state index in [0.29, 0.717) is 0 Å². The van der Waals surface area contributed by atoms with Crippen LogP contribution in [0.15, 0.2) is 16.9 Å². The summed E-state index contributed by atoms with van der Waals surface area (Å²) in [6.45, 7) is 1.88. The highest BCUT2D eigenvalue weighted by Crippen LogP contribution is 2.36. The Labute approximate surface area is 142 Å². The number of nitrogens with zero attached hydrogens (tertiary/aromatic N) is 2. The van der Waals surface area contributed by atoms with E-state index in [0.717, 1.165) is 59.4 Å². The van der Waals surface area contributed by atoms with E-state index < -0.39 is 0 Å². The SMILES string of the molecule is COCn1c(=O)c2c(c3c(OC)cc(CN(C)C)cc31)NCCC2. The lowest BCUT2D eigenvalue weighted by atomic mass is 9.99. The number of hydrogen-bond acceptors (Lipinski definition) is 5. The van der Waals surface area contributed by atoms with Crippen molar-refractivity contribution in [2.24, 2.45) is 0 Å². The molecular weight excluding hydrogens is 306 g/mol. The van der Waals surface area contributed by atoms with Gasteiger partial charge < -0.3 is 19.7 Å². The minimum atomic E-state index is 0.0237. The van der Waals surface area contributed by atoms with E-state index in [4.69, 9.17) is 9.47 Å². The van der Waals surface area contributed by atoms with Crippen LogP contribution >= 0.6 is 0 Å². The predicted molar refractivity (Wildman–Crippen MR) is 96.0 cm³/mol. The van der Waals surface area contributed by atoms with Gasteiger partial charge in [-0.1, -0.05) is 0 Å². The van der Waals surface area contributed by atoms with E-state index in [1.165, 1.54) is 0 Å². The fraction of sp³-hybridized carbons (Fsp3) is 0.500. The number of aromatic nitrogens is 1. The summed E-state index contributed by atoms with van der Waals surface area (Å²) in [5.41, 5.74) is 3.72. The standard InChI is InChI=1S/C18H25N3O3/c1-20(2)10-12-8-14-16(15(9-12)24-4)17-13(6-5-7-19-17)18(22)21(14)11-23-3/h8-9,19H,5-7,10-11H2,1-4H3. The van der Waals surface area contributed by atoms with E-state index in [-0.39, 0.29) is 12.3 Å². The average Bonchev–Trinajstić information content (AvgIpc) is 2.57. The van der Waals surface area contributed by atoms with Gasteiger partial charge in [0.05, 0.1) is 23.7 Å². The minimum absolute atomic E-state index is 0.0237. The molecule has 24 heavy (non-hydrogen) atoms. The molecule has 1 N–H and O–H groups in total. The lowest BCUT2D eigenvalue weighted by Gasteiger charge is -2.24. The van der Waals surface area contributed by atoms with Gasteiger partial charge in [-0.25, -0.2) is 0 Å². The molecule has 0 saturated carbocycles. The van der Waals surface area contributed by atoms with Gasteiger partial charge in [-0.15, -0.1) is 0 Å². The maximum atomic E-state index is 12.9. The van der Waals surface area contributed by atoms with Crippen LogP contribution in [-0.4, -0.2) is 44.3 Å². The van der Waals surface area contributed by atoms with E-state index in [1.807, 2.05) is 14.1 Å². The van der Waals surface area contributed by atoms with Crippen LogP contribution < -0.4 is 15.6 Å². The number of anilines is 1. The summed E-state index contributed by atoms with van der Waals surface area (Å²) in [6, 6.07) is 4.12. The van der Waals surface area contributed by atoms with Crippen molar-refractivity contribution < 1.29 is 9.47 Å². The number of pyridine rings is 1. The van der Waals surface area contributed by atoms with Gasteiger partial charge in [-0.3, -0.25) is 9.36 Å². The predicted octanol–water partition coefficient (Wildman–Crippen LogP) is 2.03. The summed E-state index contributed by atoms with van der Waals surface area (Å²) in [5.74, 6) is 0.792. The number of fused-ring (bicyclic) bond motifs is 3. The van der Waals surface area contributed by atoms with Crippen LogP contribution in [0.2, 0.25) is 0 Å². The van der Waals surface area contributed by atoms with Crippen molar-refractivity contribution in [2.75, 3.05) is 40.2 Å². The fourth-order valence-electron chi connectivity index (χ4n) is 3.43. The van der Waals surface area contributed by atoms with Gasteiger partial charge in [-0.2, -0.15) is 0 Å². The summed E-state index contributed by atoms with van der Waals surface area (Å²) < 4.78 is 12.7. The topological polar surface area (TPSA) is 55.7 Å². The van der Waals surface area contributed by atoms with Gasteiger partial charge in [0.1, 0.15) is 12.5 Å². The van der Waals surface area contributed by atoms with Crippen LogP contribution in [0.1, 0.15) is 17.5 Å². The Kier molecular flexibility index (Phi) is 4.78. The van der Waals surface area contributed by atoms with Gasteiger partial charge >= 0.3 is 0 Å². The zero-order valence-corrected chi connectivity index (χ0v) is 14.8. The molecule has 0 aliphatic carbocycles. The summed E-state index contributed by atoms with van der Waals surface area (Å²) in [5, 5.41) is 4.37. The molecule has 0 spiro atoms. The van der Waals surface area contributed by atoms with Crippen molar-refractivity contribution in [3.63, 3.8) is 0 Å². The average molecular weight is 331 g/mol. The van der Waals surface area contributed by atoms with Crippen LogP contribution in [0, 0.1) is 0 Å². The van der Waals surface area contributed by atoms with Crippen molar-refractivity contribution in [3.8, 4) is 5.75 Å². The molecule has 2 heterocycles. The first-order valence-corrected chi connectivity index (χ1v) is 8.20. The molecule has 0 atom stereocenters. The summed E-state index contributed by atoms with van der Waals surface area (Å²) in [4.78, 5) is 15.0. The van der Waals surface area contributed by atoms with E-state index in [9.17, 15) is 4.79 Å². The highest BCUT2D eigenvalue weighted by Gasteiger charge is 2.22. The first kappa shape index (κ1) is 16.8. The second-order valence-electron chi connectivity index (χ2n) is 6.46. The number of rotatable bonds is 5. The maximum absolute atomic E-state index is 12.9. The number of ether oxygens (including phenoxy) is 2. The van der Waals surface area contributed by atoms with Gasteiger partial charge in [0.2, 0.25) is 0 Å². The normalized spacial score (nSPS) is 13.9. The Morgan fingerprint density at radius 2 is 2.08 bits per heavy atom. The Morgan fingerprint density at radius 3 is 2.75 bits per heavy atom. The van der Waals surface area contributed by atoms with Crippen molar-refractivity contribution in [2.45, 2.75) is 26.1 Å². The monoisotopic (exact) mass is 331 g/mol. The second-order valence-corrected chi connectivity index (χ2v) is 6.46. The van der Waals surface area contributed by atoms with Crippen molar-refractivity contribution >= 4 is 16.6 Å². The smallest absolute Gasteiger partial charge is 0.258 e. The second kappa shape index (κ2) is 6.83. The van der Waals surface area contributed by atoms with Crippen molar-refractivity contribution in [1.29, 1.82) is 0 Å². The van der Waals surface area contributed by atoms with Crippen LogP contribution in [0.3, 0.4) is 0 Å². The molecular formula is C18H25N3O3. The largest absolute Gasteiger partial charge is 0.496 e. The molecule has 0 fully saturated rings. The Hall–Kier alpha value is -2.05. The molecule has 0 radical (unpaired) electrons. The molecule has 2 aromatic rings. The first-order chi connectivity index (χ1) is 11.6. The third-order valence-electron chi connectivity index (χ3n) is 4.37. The molecule has 6 nitrogen and oxygen atoms in total. The van der Waals surface area contributed by atoms with Gasteiger partial charge in [0.25, 0.3) is 5.56 Å². The molecule has 3 rings (SSSR count). The zero-order valence-electron chi connectivity index (χ0n) is 14.8. The molecule has 0 amide bonds. The van der Waals surface area contributed by atoms with Gasteiger partial charge in [-0.05, 0) is 44.6 Å². The molecule has 1 aromatic carbocycles. The molecule has 0 saturated heterocycles. The summed E-state index contributed by atoms with van der Waals surface area (Å²) in [6.07, 6.45) is 1.74. The molecule has 130 valence electrons. The number of methoxy groups -OCH3 is 2. The Morgan fingerprint density at radius 1 is 1.29 bits per heavy atom. The highest BCUT2D eigenvalue weighted by atomic mass is 16.5. The van der Waals surface area contributed by atoms with E-state index in [2.05, 4.69) is 22.3 Å². The van der Waals surface area contributed by atoms with Crippen LogP contribution in [0.4, 0.5) is 5.69 Å². The molecule has 6 heteroatoms. The quantitative estimate of drug-likeness (QED) is 0.908. The number of nitrogens with one attached hydrogen (secondary N) is 1. The van der Waals surface area contributed by atoms with Gasteiger partial charge in [0, 0.05) is 25.8 Å². The van der Waals surface area contributed by atoms with Crippen molar-refractivity contribution in [3.05, 3.63) is 33.6 Å². The third-order valence-corrected chi connectivity index (χ3v) is 4.37. The molecule has 1 aromatic heterocycles. The molecule has 1 aliphatic rings. The van der Waals surface area contributed by atoms with E-state index in [1.54, 1.807) is 18.8 Å². The number of hydrogen-bond donors (Lipinski definition) is 1. The molecule has 0 bridgehead atoms.